The zero-order chi connectivity index (χ0) is 22.9. The number of nitrogens with zero attached hydrogens (tertiary/aromatic N) is 8. The normalized spacial score (nSPS) is 13.6. The van der Waals surface area contributed by atoms with Gasteiger partial charge in [-0.1, -0.05) is 0 Å². The summed E-state index contributed by atoms with van der Waals surface area (Å²) in [6, 6.07) is 0. The van der Waals surface area contributed by atoms with Gasteiger partial charge in [0.25, 0.3) is 0 Å². The first kappa shape index (κ1) is 23.0. The Morgan fingerprint density at radius 1 is 0.364 bits per heavy atom. The van der Waals surface area contributed by atoms with E-state index >= 15 is 0 Å². The fourth-order valence-corrected chi connectivity index (χ4v) is 3.69. The number of aryl methyl sites for hydroxylation is 4. The van der Waals surface area contributed by atoms with Crippen LogP contribution in [0.15, 0.2) is 0 Å². The Hall–Kier alpha value is -3.16. The SMILES string of the molecule is CC1=C(C)c2nc1nc1[n-]c(nc3nc(nc4[n-]c(n2)c(C)c4C)C(C)=C3C)c(C)c1C.[Cu+2]. The molecular formula is C24H24CuN8. The smallest absolute Gasteiger partial charge is 0.358 e. The molecule has 3 aromatic heterocycles. The molecule has 9 heteroatoms. The van der Waals surface area contributed by atoms with Crippen LogP contribution >= 0.6 is 0 Å². The van der Waals surface area contributed by atoms with E-state index in [2.05, 4.69) is 0 Å². The summed E-state index contributed by atoms with van der Waals surface area (Å²) in [5, 5.41) is 0. The third-order valence-electron chi connectivity index (χ3n) is 6.63. The molecule has 0 saturated carbocycles. The average molecular weight is 488 g/mol. The van der Waals surface area contributed by atoms with E-state index in [1.165, 1.54) is 0 Å². The van der Waals surface area contributed by atoms with Crippen LogP contribution in [0, 0.1) is 27.7 Å². The van der Waals surface area contributed by atoms with Gasteiger partial charge in [0.1, 0.15) is 0 Å². The van der Waals surface area contributed by atoms with Crippen molar-refractivity contribution in [1.29, 1.82) is 0 Å². The van der Waals surface area contributed by atoms with Crippen molar-refractivity contribution in [3.63, 3.8) is 0 Å². The summed E-state index contributed by atoms with van der Waals surface area (Å²) in [7, 11) is 0. The Kier molecular flexibility index (Phi) is 5.58. The molecule has 0 atom stereocenters. The van der Waals surface area contributed by atoms with E-state index in [9.17, 15) is 0 Å². The van der Waals surface area contributed by atoms with Crippen LogP contribution in [0.5, 0.6) is 0 Å². The van der Waals surface area contributed by atoms with Crippen molar-refractivity contribution in [1.82, 2.24) is 39.9 Å². The van der Waals surface area contributed by atoms with E-state index in [0.29, 0.717) is 45.9 Å². The molecule has 8 bridgehead atoms. The van der Waals surface area contributed by atoms with Crippen LogP contribution in [0.3, 0.4) is 0 Å². The van der Waals surface area contributed by atoms with E-state index < -0.39 is 0 Å². The van der Waals surface area contributed by atoms with Gasteiger partial charge in [0.2, 0.25) is 0 Å². The Balaban J connectivity index is 0.00000259. The molecule has 3 aromatic rings. The zero-order valence-corrected chi connectivity index (χ0v) is 20.8. The minimum atomic E-state index is 0. The van der Waals surface area contributed by atoms with Crippen molar-refractivity contribution in [2.75, 3.05) is 0 Å². The van der Waals surface area contributed by atoms with E-state index in [-0.39, 0.29) is 17.1 Å². The van der Waals surface area contributed by atoms with Gasteiger partial charge in [-0.05, 0) is 99.9 Å². The molecule has 0 unspecified atom stereocenters. The van der Waals surface area contributed by atoms with E-state index in [1.54, 1.807) is 0 Å². The van der Waals surface area contributed by atoms with Crippen LogP contribution in [-0.4, -0.2) is 29.9 Å². The number of hydrogen-bond donors (Lipinski definition) is 0. The molecule has 0 saturated heterocycles. The molecule has 0 amide bonds. The maximum atomic E-state index is 4.77. The summed E-state index contributed by atoms with van der Waals surface area (Å²) in [6.45, 7) is 16.0. The van der Waals surface area contributed by atoms with Crippen LogP contribution in [0.4, 0.5) is 0 Å². The molecule has 0 aliphatic carbocycles. The van der Waals surface area contributed by atoms with Gasteiger partial charge >= 0.3 is 17.1 Å². The Labute approximate surface area is 202 Å². The van der Waals surface area contributed by atoms with Gasteiger partial charge < -0.3 is 29.9 Å². The molecule has 5 rings (SSSR count). The molecule has 171 valence electrons. The first-order valence-corrected chi connectivity index (χ1v) is 10.6. The van der Waals surface area contributed by atoms with Gasteiger partial charge in [0.15, 0.2) is 0 Å². The Morgan fingerprint density at radius 3 is 0.788 bits per heavy atom. The molecule has 5 heterocycles. The molecule has 0 N–H and O–H groups in total. The summed E-state index contributed by atoms with van der Waals surface area (Å²) in [6.07, 6.45) is 0. The summed E-state index contributed by atoms with van der Waals surface area (Å²) < 4.78 is 0. The van der Waals surface area contributed by atoms with Crippen molar-refractivity contribution in [2.24, 2.45) is 0 Å². The number of allylic oxidation sites excluding steroid dienone is 4. The van der Waals surface area contributed by atoms with Gasteiger partial charge in [-0.2, -0.15) is 0 Å². The zero-order valence-electron chi connectivity index (χ0n) is 19.9. The maximum Gasteiger partial charge on any atom is 2.00 e. The number of rotatable bonds is 0. The molecule has 0 fully saturated rings. The standard InChI is InChI=1S/C24H24N8.Cu/c1-9-10(2)18-25-17(9)29-19-11(3)12(4)21(26-19)31-23-15(7)16(8)24(28-23)32-22-14(6)13(5)20(27-22)30-18;/h1-8H3;/q-2;+2. The predicted octanol–water partition coefficient (Wildman–Crippen LogP) is 4.29. The van der Waals surface area contributed by atoms with Crippen molar-refractivity contribution < 1.29 is 17.1 Å². The van der Waals surface area contributed by atoms with Gasteiger partial charge in [-0.25, -0.2) is 9.97 Å². The second-order valence-electron chi connectivity index (χ2n) is 8.48. The number of hydrogen-bond acceptors (Lipinski definition) is 6. The van der Waals surface area contributed by atoms with Crippen molar-refractivity contribution in [3.05, 3.63) is 45.6 Å². The summed E-state index contributed by atoms with van der Waals surface area (Å²) in [5.74, 6) is 2.47. The third-order valence-corrected chi connectivity index (χ3v) is 6.63. The fraction of sp³-hybridized carbons (Fsp3) is 0.333. The molecule has 2 aliphatic rings. The number of aromatic nitrogens is 8. The first-order chi connectivity index (χ1) is 15.2. The van der Waals surface area contributed by atoms with Crippen LogP contribution in [0.25, 0.3) is 44.9 Å². The molecule has 0 spiro atoms. The third kappa shape index (κ3) is 3.52. The quantitative estimate of drug-likeness (QED) is 0.432. The average Bonchev–Trinajstić information content (AvgIpc) is 3.37. The molecule has 1 radical (unpaired) electrons. The maximum absolute atomic E-state index is 4.77. The number of fused-ring (bicyclic) bond motifs is 8. The molecular weight excluding hydrogens is 464 g/mol. The van der Waals surface area contributed by atoms with E-state index in [4.69, 9.17) is 39.9 Å². The van der Waals surface area contributed by atoms with Crippen molar-refractivity contribution in [2.45, 2.75) is 55.4 Å². The second kappa shape index (κ2) is 8.01. The summed E-state index contributed by atoms with van der Waals surface area (Å²) in [4.78, 5) is 37.9. The largest absolute Gasteiger partial charge is 2.00 e. The first-order valence-electron chi connectivity index (χ1n) is 10.6. The van der Waals surface area contributed by atoms with Gasteiger partial charge in [-0.15, -0.1) is 0 Å². The molecule has 33 heavy (non-hydrogen) atoms. The van der Waals surface area contributed by atoms with E-state index in [1.807, 2.05) is 55.4 Å². The van der Waals surface area contributed by atoms with Crippen LogP contribution in [0.2, 0.25) is 0 Å². The predicted molar refractivity (Wildman–Crippen MR) is 125 cm³/mol. The Bertz CT molecular complexity index is 1330. The van der Waals surface area contributed by atoms with Crippen molar-refractivity contribution in [3.8, 4) is 0 Å². The fourth-order valence-electron chi connectivity index (χ4n) is 3.69. The second-order valence-corrected chi connectivity index (χ2v) is 8.48. The van der Waals surface area contributed by atoms with Gasteiger partial charge in [0, 0.05) is 22.6 Å². The van der Waals surface area contributed by atoms with Crippen LogP contribution in [-0.2, 0) is 17.1 Å². The van der Waals surface area contributed by atoms with Gasteiger partial charge in [-0.3, -0.25) is 0 Å². The monoisotopic (exact) mass is 487 g/mol. The molecule has 2 aliphatic heterocycles. The summed E-state index contributed by atoms with van der Waals surface area (Å²) in [5.41, 5.74) is 10.3. The minimum Gasteiger partial charge on any atom is -0.358 e. The van der Waals surface area contributed by atoms with Gasteiger partial charge in [0.05, 0.1) is 23.3 Å². The van der Waals surface area contributed by atoms with Crippen LogP contribution in [0.1, 0.15) is 73.2 Å². The molecule has 8 nitrogen and oxygen atoms in total. The van der Waals surface area contributed by atoms with E-state index in [0.717, 1.165) is 44.5 Å². The molecule has 0 aromatic carbocycles. The minimum absolute atomic E-state index is 0. The Morgan fingerprint density at radius 2 is 0.576 bits per heavy atom. The van der Waals surface area contributed by atoms with Crippen LogP contribution < -0.4 is 9.97 Å². The van der Waals surface area contributed by atoms with Crippen molar-refractivity contribution >= 4 is 44.9 Å². The summed E-state index contributed by atoms with van der Waals surface area (Å²) >= 11 is 0. The topological polar surface area (TPSA) is 106 Å².